The Hall–Kier alpha value is -2.32. The summed E-state index contributed by atoms with van der Waals surface area (Å²) in [6, 6.07) is 4.28. The van der Waals surface area contributed by atoms with Crippen molar-refractivity contribution in [1.29, 1.82) is 0 Å². The highest BCUT2D eigenvalue weighted by molar-refractivity contribution is 7.07. The van der Waals surface area contributed by atoms with Crippen LogP contribution in [-0.4, -0.2) is 30.0 Å². The van der Waals surface area contributed by atoms with Crippen molar-refractivity contribution in [2.24, 2.45) is 0 Å². The van der Waals surface area contributed by atoms with E-state index in [0.29, 0.717) is 11.6 Å². The number of halogens is 2. The molecule has 23 heavy (non-hydrogen) atoms. The molecule has 0 aliphatic rings. The van der Waals surface area contributed by atoms with E-state index in [1.807, 2.05) is 0 Å². The largest absolute Gasteiger partial charge is 0.387 e. The first-order valence-corrected chi connectivity index (χ1v) is 7.61. The summed E-state index contributed by atoms with van der Waals surface area (Å²) < 4.78 is 26.2. The van der Waals surface area contributed by atoms with E-state index in [0.717, 1.165) is 12.1 Å². The molecule has 0 radical (unpaired) electrons. The average Bonchev–Trinajstić information content (AvgIpc) is 3.04. The smallest absolute Gasteiger partial charge is 0.254 e. The molecule has 1 heterocycles. The number of rotatable bonds is 6. The topological polar surface area (TPSA) is 78.4 Å². The molecular weight excluding hydrogens is 326 g/mol. The van der Waals surface area contributed by atoms with Gasteiger partial charge in [-0.3, -0.25) is 9.59 Å². The summed E-state index contributed by atoms with van der Waals surface area (Å²) in [7, 11) is 0. The second-order valence-electron chi connectivity index (χ2n) is 4.68. The van der Waals surface area contributed by atoms with Crippen molar-refractivity contribution in [2.45, 2.75) is 6.10 Å². The number of hydrogen-bond acceptors (Lipinski definition) is 4. The molecule has 1 atom stereocenters. The zero-order valence-corrected chi connectivity index (χ0v) is 12.7. The fourth-order valence-electron chi connectivity index (χ4n) is 1.78. The SMILES string of the molecule is O=C(CNC(=O)c1ccc(F)cc1F)NCC(O)c1ccsc1. The van der Waals surface area contributed by atoms with Gasteiger partial charge in [-0.2, -0.15) is 11.3 Å². The minimum Gasteiger partial charge on any atom is -0.387 e. The highest BCUT2D eigenvalue weighted by Gasteiger charge is 2.14. The number of carbonyl (C=O) groups excluding carboxylic acids is 2. The molecule has 1 unspecified atom stereocenters. The number of thiophene rings is 1. The Kier molecular flexibility index (Phi) is 5.78. The number of nitrogens with one attached hydrogen (secondary N) is 2. The van der Waals surface area contributed by atoms with E-state index < -0.39 is 29.6 Å². The first-order chi connectivity index (χ1) is 11.0. The monoisotopic (exact) mass is 340 g/mol. The molecule has 1 aromatic carbocycles. The zero-order valence-electron chi connectivity index (χ0n) is 11.9. The molecule has 5 nitrogen and oxygen atoms in total. The molecule has 8 heteroatoms. The van der Waals surface area contributed by atoms with Gasteiger partial charge in [0.1, 0.15) is 11.6 Å². The molecule has 2 amide bonds. The Morgan fingerprint density at radius 3 is 2.65 bits per heavy atom. The summed E-state index contributed by atoms with van der Waals surface area (Å²) in [6.07, 6.45) is -0.838. The van der Waals surface area contributed by atoms with Crippen molar-refractivity contribution in [3.8, 4) is 0 Å². The van der Waals surface area contributed by atoms with Crippen molar-refractivity contribution in [3.63, 3.8) is 0 Å². The van der Waals surface area contributed by atoms with E-state index in [1.165, 1.54) is 11.3 Å². The highest BCUT2D eigenvalue weighted by atomic mass is 32.1. The maximum atomic E-state index is 13.4. The number of aliphatic hydroxyl groups excluding tert-OH is 1. The minimum absolute atomic E-state index is 0.00362. The first kappa shape index (κ1) is 17.0. The molecule has 0 spiro atoms. The lowest BCUT2D eigenvalue weighted by atomic mass is 10.2. The van der Waals surface area contributed by atoms with Gasteiger partial charge in [0.15, 0.2) is 0 Å². The van der Waals surface area contributed by atoms with Gasteiger partial charge in [-0.1, -0.05) is 0 Å². The third kappa shape index (κ3) is 4.83. The average molecular weight is 340 g/mol. The maximum absolute atomic E-state index is 13.4. The van der Waals surface area contributed by atoms with E-state index in [-0.39, 0.29) is 18.7 Å². The summed E-state index contributed by atoms with van der Waals surface area (Å²) >= 11 is 1.42. The van der Waals surface area contributed by atoms with Crippen molar-refractivity contribution in [3.05, 3.63) is 57.8 Å². The predicted octanol–water partition coefficient (Wildman–Crippen LogP) is 1.61. The van der Waals surface area contributed by atoms with Crippen molar-refractivity contribution >= 4 is 23.2 Å². The molecule has 2 aromatic rings. The lowest BCUT2D eigenvalue weighted by molar-refractivity contribution is -0.120. The van der Waals surface area contributed by atoms with Gasteiger partial charge in [0.25, 0.3) is 5.91 Å². The van der Waals surface area contributed by atoms with Crippen LogP contribution in [0.3, 0.4) is 0 Å². The summed E-state index contributed by atoms with van der Waals surface area (Å²) in [5, 5.41) is 18.0. The normalized spacial score (nSPS) is 11.8. The van der Waals surface area contributed by atoms with Gasteiger partial charge >= 0.3 is 0 Å². The molecule has 3 N–H and O–H groups in total. The molecule has 0 bridgehead atoms. The molecule has 0 aliphatic heterocycles. The summed E-state index contributed by atoms with van der Waals surface area (Å²) in [4.78, 5) is 23.3. The van der Waals surface area contributed by atoms with E-state index in [2.05, 4.69) is 10.6 Å². The van der Waals surface area contributed by atoms with Crippen LogP contribution in [0.1, 0.15) is 22.0 Å². The van der Waals surface area contributed by atoms with Gasteiger partial charge in [0, 0.05) is 12.6 Å². The quantitative estimate of drug-likeness (QED) is 0.747. The van der Waals surface area contributed by atoms with Gasteiger partial charge in [-0.15, -0.1) is 0 Å². The van der Waals surface area contributed by atoms with Crippen LogP contribution < -0.4 is 10.6 Å². The Labute approximate surface area is 135 Å². The molecule has 0 saturated heterocycles. The van der Waals surface area contributed by atoms with Crippen LogP contribution in [0.2, 0.25) is 0 Å². The number of carbonyl (C=O) groups is 2. The zero-order chi connectivity index (χ0) is 16.8. The van der Waals surface area contributed by atoms with Gasteiger partial charge < -0.3 is 15.7 Å². The van der Waals surface area contributed by atoms with Gasteiger partial charge in [-0.25, -0.2) is 8.78 Å². The van der Waals surface area contributed by atoms with E-state index in [4.69, 9.17) is 0 Å². The van der Waals surface area contributed by atoms with Crippen LogP contribution in [0.15, 0.2) is 35.0 Å². The third-order valence-electron chi connectivity index (χ3n) is 3.01. The second-order valence-corrected chi connectivity index (χ2v) is 5.46. The van der Waals surface area contributed by atoms with E-state index in [9.17, 15) is 23.5 Å². The van der Waals surface area contributed by atoms with E-state index in [1.54, 1.807) is 16.8 Å². The molecule has 0 saturated carbocycles. The van der Waals surface area contributed by atoms with Gasteiger partial charge in [-0.05, 0) is 34.5 Å². The summed E-state index contributed by atoms with van der Waals surface area (Å²) in [6.45, 7) is -0.387. The Bertz CT molecular complexity index is 692. The molecular formula is C15H14F2N2O3S. The minimum atomic E-state index is -1.00. The fourth-order valence-corrected chi connectivity index (χ4v) is 2.49. The van der Waals surface area contributed by atoms with Crippen LogP contribution in [0, 0.1) is 11.6 Å². The van der Waals surface area contributed by atoms with E-state index >= 15 is 0 Å². The second kappa shape index (κ2) is 7.80. The lowest BCUT2D eigenvalue weighted by Crippen LogP contribution is -2.38. The maximum Gasteiger partial charge on any atom is 0.254 e. The number of benzene rings is 1. The number of hydrogen-bond donors (Lipinski definition) is 3. The number of aliphatic hydroxyl groups is 1. The Balaban J connectivity index is 1.78. The van der Waals surface area contributed by atoms with Crippen LogP contribution in [0.5, 0.6) is 0 Å². The molecule has 2 rings (SSSR count). The Morgan fingerprint density at radius 1 is 1.22 bits per heavy atom. The van der Waals surface area contributed by atoms with Crippen LogP contribution in [-0.2, 0) is 4.79 Å². The van der Waals surface area contributed by atoms with Crippen LogP contribution >= 0.6 is 11.3 Å². The van der Waals surface area contributed by atoms with Crippen molar-refractivity contribution < 1.29 is 23.5 Å². The summed E-state index contributed by atoms with van der Waals surface area (Å²) in [5.41, 5.74) is 0.338. The van der Waals surface area contributed by atoms with Crippen molar-refractivity contribution in [2.75, 3.05) is 13.1 Å². The van der Waals surface area contributed by atoms with Gasteiger partial charge in [0.05, 0.1) is 18.2 Å². The van der Waals surface area contributed by atoms with Crippen LogP contribution in [0.25, 0.3) is 0 Å². The summed E-state index contributed by atoms with van der Waals surface area (Å²) in [5.74, 6) is -3.15. The molecule has 0 fully saturated rings. The molecule has 122 valence electrons. The standard InChI is InChI=1S/C15H14F2N2O3S/c16-10-1-2-11(12(17)5-10)15(22)19-7-14(21)18-6-13(20)9-3-4-23-8-9/h1-5,8,13,20H,6-7H2,(H,18,21)(H,19,22). The molecule has 0 aliphatic carbocycles. The first-order valence-electron chi connectivity index (χ1n) is 6.67. The third-order valence-corrected chi connectivity index (χ3v) is 3.71. The lowest BCUT2D eigenvalue weighted by Gasteiger charge is -2.11. The van der Waals surface area contributed by atoms with Crippen molar-refractivity contribution in [1.82, 2.24) is 10.6 Å². The predicted molar refractivity (Wildman–Crippen MR) is 81.0 cm³/mol. The highest BCUT2D eigenvalue weighted by Crippen LogP contribution is 2.14. The number of amides is 2. The Morgan fingerprint density at radius 2 is 2.00 bits per heavy atom. The van der Waals surface area contributed by atoms with Crippen LogP contribution in [0.4, 0.5) is 8.78 Å². The fraction of sp³-hybridized carbons (Fsp3) is 0.200. The molecule has 1 aromatic heterocycles. The van der Waals surface area contributed by atoms with Gasteiger partial charge in [0.2, 0.25) is 5.91 Å².